The first kappa shape index (κ1) is 12.6. The van der Waals surface area contributed by atoms with Crippen LogP contribution in [0.5, 0.6) is 0 Å². The van der Waals surface area contributed by atoms with Crippen molar-refractivity contribution in [2.75, 3.05) is 19.7 Å². The summed E-state index contributed by atoms with van der Waals surface area (Å²) in [6.45, 7) is 7.03. The molecule has 1 fully saturated rings. The zero-order valence-corrected chi connectivity index (χ0v) is 11.6. The second-order valence-electron chi connectivity index (χ2n) is 5.62. The Morgan fingerprint density at radius 1 is 1.42 bits per heavy atom. The molecule has 0 saturated carbocycles. The van der Waals surface area contributed by atoms with Crippen molar-refractivity contribution in [1.29, 1.82) is 0 Å². The number of fused-ring (bicyclic) bond motifs is 1. The van der Waals surface area contributed by atoms with Gasteiger partial charge in [-0.25, -0.2) is 4.98 Å². The minimum absolute atomic E-state index is 0.162. The normalized spacial score (nSPS) is 20.3. The summed E-state index contributed by atoms with van der Waals surface area (Å²) in [5.74, 6) is 1.69. The second-order valence-corrected chi connectivity index (χ2v) is 5.62. The van der Waals surface area contributed by atoms with Gasteiger partial charge in [0.25, 0.3) is 0 Å². The fourth-order valence-corrected chi connectivity index (χ4v) is 2.54. The Kier molecular flexibility index (Phi) is 3.53. The molecular weight excluding hydrogens is 238 g/mol. The minimum Gasteiger partial charge on any atom is -0.371 e. The second kappa shape index (κ2) is 5.31. The van der Waals surface area contributed by atoms with E-state index in [1.165, 1.54) is 5.56 Å². The zero-order chi connectivity index (χ0) is 13.2. The van der Waals surface area contributed by atoms with Gasteiger partial charge >= 0.3 is 0 Å². The fourth-order valence-electron chi connectivity index (χ4n) is 2.54. The molecule has 0 aliphatic carbocycles. The number of H-pyrrole nitrogens is 1. The van der Waals surface area contributed by atoms with E-state index >= 15 is 0 Å². The SMILES string of the molecule is CC(C)Cc1nc2ccc(C3CNCCO3)cc2[nH]1. The van der Waals surface area contributed by atoms with Crippen molar-refractivity contribution in [3.8, 4) is 0 Å². The van der Waals surface area contributed by atoms with Crippen LogP contribution in [-0.2, 0) is 11.2 Å². The molecule has 0 bridgehead atoms. The van der Waals surface area contributed by atoms with Crippen LogP contribution in [0.15, 0.2) is 18.2 Å². The molecule has 1 atom stereocenters. The number of aromatic nitrogens is 2. The third-order valence-electron chi connectivity index (χ3n) is 3.46. The first-order valence-corrected chi connectivity index (χ1v) is 7.03. The molecular formula is C15H21N3O. The van der Waals surface area contributed by atoms with Crippen molar-refractivity contribution in [3.63, 3.8) is 0 Å². The van der Waals surface area contributed by atoms with E-state index < -0.39 is 0 Å². The third-order valence-corrected chi connectivity index (χ3v) is 3.46. The number of hydrogen-bond acceptors (Lipinski definition) is 3. The van der Waals surface area contributed by atoms with Crippen LogP contribution in [0.3, 0.4) is 0 Å². The molecule has 1 aromatic carbocycles. The number of hydrogen-bond donors (Lipinski definition) is 2. The van der Waals surface area contributed by atoms with Gasteiger partial charge < -0.3 is 15.0 Å². The van der Waals surface area contributed by atoms with E-state index in [1.807, 2.05) is 0 Å². The van der Waals surface area contributed by atoms with Crippen LogP contribution >= 0.6 is 0 Å². The van der Waals surface area contributed by atoms with Gasteiger partial charge in [-0.05, 0) is 23.6 Å². The zero-order valence-electron chi connectivity index (χ0n) is 11.6. The molecule has 0 radical (unpaired) electrons. The third kappa shape index (κ3) is 2.80. The molecule has 102 valence electrons. The summed E-state index contributed by atoms with van der Waals surface area (Å²) in [6, 6.07) is 6.38. The van der Waals surface area contributed by atoms with Crippen LogP contribution in [0.25, 0.3) is 11.0 Å². The fraction of sp³-hybridized carbons (Fsp3) is 0.533. The lowest BCUT2D eigenvalue weighted by Gasteiger charge is -2.23. The summed E-state index contributed by atoms with van der Waals surface area (Å²) in [6.07, 6.45) is 1.15. The molecule has 1 aliphatic heterocycles. The average Bonchev–Trinajstić information content (AvgIpc) is 2.79. The lowest BCUT2D eigenvalue weighted by molar-refractivity contribution is 0.0278. The van der Waals surface area contributed by atoms with Crippen molar-refractivity contribution >= 4 is 11.0 Å². The number of imidazole rings is 1. The minimum atomic E-state index is 0.162. The molecule has 4 heteroatoms. The van der Waals surface area contributed by atoms with Crippen molar-refractivity contribution in [1.82, 2.24) is 15.3 Å². The quantitative estimate of drug-likeness (QED) is 0.890. The molecule has 2 heterocycles. The molecule has 0 spiro atoms. The highest BCUT2D eigenvalue weighted by atomic mass is 16.5. The number of aromatic amines is 1. The van der Waals surface area contributed by atoms with Gasteiger partial charge in [0.15, 0.2) is 0 Å². The summed E-state index contributed by atoms with van der Waals surface area (Å²) < 4.78 is 5.79. The molecule has 2 aromatic rings. The molecule has 19 heavy (non-hydrogen) atoms. The van der Waals surface area contributed by atoms with E-state index in [9.17, 15) is 0 Å². The highest BCUT2D eigenvalue weighted by Crippen LogP contribution is 2.23. The number of nitrogens with one attached hydrogen (secondary N) is 2. The summed E-state index contributed by atoms with van der Waals surface area (Å²) in [5.41, 5.74) is 3.38. The van der Waals surface area contributed by atoms with Gasteiger partial charge in [-0.2, -0.15) is 0 Å². The maximum atomic E-state index is 5.79. The Labute approximate surface area is 113 Å². The van der Waals surface area contributed by atoms with Gasteiger partial charge in [0.05, 0.1) is 23.7 Å². The first-order valence-electron chi connectivity index (χ1n) is 7.03. The van der Waals surface area contributed by atoms with Gasteiger partial charge in [-0.3, -0.25) is 0 Å². The summed E-state index contributed by atoms with van der Waals surface area (Å²) in [4.78, 5) is 8.05. The molecule has 3 rings (SSSR count). The molecule has 1 aliphatic rings. The van der Waals surface area contributed by atoms with E-state index in [0.29, 0.717) is 5.92 Å². The Hall–Kier alpha value is -1.39. The largest absolute Gasteiger partial charge is 0.371 e. The molecule has 1 unspecified atom stereocenters. The van der Waals surface area contributed by atoms with Crippen LogP contribution in [0.4, 0.5) is 0 Å². The highest BCUT2D eigenvalue weighted by Gasteiger charge is 2.16. The Morgan fingerprint density at radius 3 is 3.05 bits per heavy atom. The van der Waals surface area contributed by atoms with Gasteiger partial charge in [0.1, 0.15) is 5.82 Å². The van der Waals surface area contributed by atoms with Crippen molar-refractivity contribution in [2.24, 2.45) is 5.92 Å². The Morgan fingerprint density at radius 2 is 2.32 bits per heavy atom. The monoisotopic (exact) mass is 259 g/mol. The number of nitrogens with zero attached hydrogens (tertiary/aromatic N) is 1. The molecule has 1 saturated heterocycles. The van der Waals surface area contributed by atoms with E-state index in [-0.39, 0.29) is 6.10 Å². The maximum absolute atomic E-state index is 5.79. The van der Waals surface area contributed by atoms with Crippen LogP contribution in [0.2, 0.25) is 0 Å². The summed E-state index contributed by atoms with van der Waals surface area (Å²) in [5, 5.41) is 3.36. The van der Waals surface area contributed by atoms with Crippen molar-refractivity contribution in [2.45, 2.75) is 26.4 Å². The lowest BCUT2D eigenvalue weighted by atomic mass is 10.1. The predicted octanol–water partition coefficient (Wildman–Crippen LogP) is 2.42. The standard InChI is InChI=1S/C15H21N3O/c1-10(2)7-15-17-12-4-3-11(8-13(12)18-15)14-9-16-5-6-19-14/h3-4,8,10,14,16H,5-7,9H2,1-2H3,(H,17,18). The molecule has 4 nitrogen and oxygen atoms in total. The van der Waals surface area contributed by atoms with Gasteiger partial charge in [0, 0.05) is 19.5 Å². The van der Waals surface area contributed by atoms with Crippen LogP contribution in [0, 0.1) is 5.92 Å². The predicted molar refractivity (Wildman–Crippen MR) is 76.2 cm³/mol. The average molecular weight is 259 g/mol. The van der Waals surface area contributed by atoms with E-state index in [2.05, 4.69) is 47.3 Å². The molecule has 2 N–H and O–H groups in total. The van der Waals surface area contributed by atoms with Gasteiger partial charge in [0.2, 0.25) is 0 Å². The number of ether oxygens (including phenoxy) is 1. The Bertz CT molecular complexity index is 556. The van der Waals surface area contributed by atoms with E-state index in [0.717, 1.165) is 43.0 Å². The molecule has 1 aromatic heterocycles. The molecule has 0 amide bonds. The lowest BCUT2D eigenvalue weighted by Crippen LogP contribution is -2.33. The number of morpholine rings is 1. The van der Waals surface area contributed by atoms with Crippen LogP contribution in [0.1, 0.15) is 31.3 Å². The van der Waals surface area contributed by atoms with Gasteiger partial charge in [-0.1, -0.05) is 19.9 Å². The summed E-state index contributed by atoms with van der Waals surface area (Å²) >= 11 is 0. The maximum Gasteiger partial charge on any atom is 0.107 e. The first-order chi connectivity index (χ1) is 9.22. The topological polar surface area (TPSA) is 49.9 Å². The number of rotatable bonds is 3. The van der Waals surface area contributed by atoms with Gasteiger partial charge in [-0.15, -0.1) is 0 Å². The number of benzene rings is 1. The highest BCUT2D eigenvalue weighted by molar-refractivity contribution is 5.76. The van der Waals surface area contributed by atoms with Crippen LogP contribution < -0.4 is 5.32 Å². The van der Waals surface area contributed by atoms with E-state index in [1.54, 1.807) is 0 Å². The summed E-state index contributed by atoms with van der Waals surface area (Å²) in [7, 11) is 0. The van der Waals surface area contributed by atoms with E-state index in [4.69, 9.17) is 4.74 Å². The van der Waals surface area contributed by atoms with Crippen molar-refractivity contribution in [3.05, 3.63) is 29.6 Å². The van der Waals surface area contributed by atoms with Crippen LogP contribution in [-0.4, -0.2) is 29.7 Å². The van der Waals surface area contributed by atoms with Crippen molar-refractivity contribution < 1.29 is 4.74 Å². The smallest absolute Gasteiger partial charge is 0.107 e. The Balaban J connectivity index is 1.87.